The fourth-order valence-corrected chi connectivity index (χ4v) is 4.13. The Balaban J connectivity index is 1.90. The monoisotopic (exact) mass is 291 g/mol. The largest absolute Gasteiger partial charge is 0.468 e. The van der Waals surface area contributed by atoms with Gasteiger partial charge in [0, 0.05) is 11.7 Å². The molecule has 1 aromatic heterocycles. The molecule has 0 spiro atoms. The standard InChI is InChI=1S/C16H25N3O2/c1-11-18-13-6-4-5-7-14(13)19(11)12-8-9-16(10-12,17-2)15(20)21-3/h12,17H,4-10H2,1-3H3. The highest BCUT2D eigenvalue weighted by molar-refractivity contribution is 5.81. The van der Waals surface area contributed by atoms with Gasteiger partial charge in [-0.2, -0.15) is 0 Å². The zero-order valence-corrected chi connectivity index (χ0v) is 13.2. The van der Waals surface area contributed by atoms with E-state index in [9.17, 15) is 4.79 Å². The zero-order valence-electron chi connectivity index (χ0n) is 13.2. The fraction of sp³-hybridized carbons (Fsp3) is 0.750. The highest BCUT2D eigenvalue weighted by Crippen LogP contribution is 2.41. The molecule has 0 bridgehead atoms. The molecular formula is C16H25N3O2. The lowest BCUT2D eigenvalue weighted by Crippen LogP contribution is -2.49. The number of fused-ring (bicyclic) bond motifs is 1. The van der Waals surface area contributed by atoms with Gasteiger partial charge in [-0.05, 0) is 58.9 Å². The lowest BCUT2D eigenvalue weighted by atomic mass is 9.97. The number of hydrogen-bond donors (Lipinski definition) is 1. The van der Waals surface area contributed by atoms with Crippen molar-refractivity contribution in [3.05, 3.63) is 17.2 Å². The molecule has 2 atom stereocenters. The van der Waals surface area contributed by atoms with E-state index < -0.39 is 5.54 Å². The molecule has 5 nitrogen and oxygen atoms in total. The molecule has 1 heterocycles. The Hall–Kier alpha value is -1.36. The first-order valence-corrected chi connectivity index (χ1v) is 7.95. The van der Waals surface area contributed by atoms with E-state index in [1.165, 1.54) is 31.3 Å². The van der Waals surface area contributed by atoms with Crippen LogP contribution in [0.2, 0.25) is 0 Å². The average Bonchev–Trinajstić information content (AvgIpc) is 3.07. The van der Waals surface area contributed by atoms with Crippen molar-refractivity contribution in [3.8, 4) is 0 Å². The summed E-state index contributed by atoms with van der Waals surface area (Å²) in [6.07, 6.45) is 7.34. The van der Waals surface area contributed by atoms with Gasteiger partial charge in [0.05, 0.1) is 12.8 Å². The van der Waals surface area contributed by atoms with Crippen molar-refractivity contribution in [2.24, 2.45) is 0 Å². The molecule has 0 aliphatic heterocycles. The van der Waals surface area contributed by atoms with Crippen LogP contribution in [0.15, 0.2) is 0 Å². The fourth-order valence-electron chi connectivity index (χ4n) is 4.13. The van der Waals surface area contributed by atoms with Crippen LogP contribution in [0.1, 0.15) is 55.4 Å². The number of likely N-dealkylation sites (N-methyl/N-ethyl adjacent to an activating group) is 1. The van der Waals surface area contributed by atoms with Crippen LogP contribution in [0.3, 0.4) is 0 Å². The third-order valence-electron chi connectivity index (χ3n) is 5.25. The molecule has 0 aromatic carbocycles. The predicted molar refractivity (Wildman–Crippen MR) is 80.3 cm³/mol. The molecule has 1 fully saturated rings. The Kier molecular flexibility index (Phi) is 3.78. The normalized spacial score (nSPS) is 28.4. The number of carbonyl (C=O) groups excluding carboxylic acids is 1. The number of ether oxygens (including phenoxy) is 1. The van der Waals surface area contributed by atoms with Crippen molar-refractivity contribution >= 4 is 5.97 Å². The van der Waals surface area contributed by atoms with E-state index in [-0.39, 0.29) is 5.97 Å². The van der Waals surface area contributed by atoms with Gasteiger partial charge in [0.15, 0.2) is 0 Å². The molecule has 2 aliphatic rings. The van der Waals surface area contributed by atoms with Gasteiger partial charge in [0.1, 0.15) is 11.4 Å². The van der Waals surface area contributed by atoms with Crippen molar-refractivity contribution in [2.45, 2.75) is 63.5 Å². The number of nitrogens with one attached hydrogen (secondary N) is 1. The Morgan fingerprint density at radius 1 is 1.43 bits per heavy atom. The minimum atomic E-state index is -0.530. The van der Waals surface area contributed by atoms with Crippen LogP contribution in [-0.2, 0) is 22.4 Å². The third-order valence-corrected chi connectivity index (χ3v) is 5.25. The molecule has 1 saturated carbocycles. The summed E-state index contributed by atoms with van der Waals surface area (Å²) in [6.45, 7) is 2.09. The minimum absolute atomic E-state index is 0.140. The van der Waals surface area contributed by atoms with E-state index in [1.54, 1.807) is 0 Å². The van der Waals surface area contributed by atoms with Crippen LogP contribution in [0, 0.1) is 6.92 Å². The number of carbonyl (C=O) groups is 1. The SMILES string of the molecule is CNC1(C(=O)OC)CCC(n2c(C)nc3c2CCCC3)C1. The maximum atomic E-state index is 12.1. The van der Waals surface area contributed by atoms with Crippen molar-refractivity contribution in [3.63, 3.8) is 0 Å². The molecule has 0 amide bonds. The minimum Gasteiger partial charge on any atom is -0.468 e. The van der Waals surface area contributed by atoms with Gasteiger partial charge in [-0.1, -0.05) is 0 Å². The number of hydrogen-bond acceptors (Lipinski definition) is 4. The van der Waals surface area contributed by atoms with Crippen molar-refractivity contribution in [2.75, 3.05) is 14.2 Å². The average molecular weight is 291 g/mol. The molecule has 1 N–H and O–H groups in total. The van der Waals surface area contributed by atoms with Gasteiger partial charge in [-0.3, -0.25) is 4.79 Å². The Bertz CT molecular complexity index is 552. The summed E-state index contributed by atoms with van der Waals surface area (Å²) in [5.74, 6) is 0.961. The van der Waals surface area contributed by atoms with Gasteiger partial charge in [-0.25, -0.2) is 4.98 Å². The first kappa shape index (κ1) is 14.6. The lowest BCUT2D eigenvalue weighted by molar-refractivity contribution is -0.148. The van der Waals surface area contributed by atoms with E-state index in [1.807, 2.05) is 7.05 Å². The Morgan fingerprint density at radius 2 is 2.19 bits per heavy atom. The van der Waals surface area contributed by atoms with Crippen LogP contribution in [0.25, 0.3) is 0 Å². The van der Waals surface area contributed by atoms with Gasteiger partial charge in [0.25, 0.3) is 0 Å². The predicted octanol–water partition coefficient (Wildman–Crippen LogP) is 1.93. The maximum Gasteiger partial charge on any atom is 0.326 e. The molecule has 0 saturated heterocycles. The van der Waals surface area contributed by atoms with Crippen LogP contribution >= 0.6 is 0 Å². The summed E-state index contributed by atoms with van der Waals surface area (Å²) in [4.78, 5) is 16.9. The first-order valence-electron chi connectivity index (χ1n) is 7.95. The smallest absolute Gasteiger partial charge is 0.326 e. The number of nitrogens with zero attached hydrogens (tertiary/aromatic N) is 2. The number of aryl methyl sites for hydroxylation is 2. The lowest BCUT2D eigenvalue weighted by Gasteiger charge is -2.26. The Morgan fingerprint density at radius 3 is 2.90 bits per heavy atom. The van der Waals surface area contributed by atoms with Crippen molar-refractivity contribution < 1.29 is 9.53 Å². The molecule has 5 heteroatoms. The molecule has 1 aromatic rings. The van der Waals surface area contributed by atoms with E-state index in [0.717, 1.165) is 37.9 Å². The van der Waals surface area contributed by atoms with E-state index in [4.69, 9.17) is 9.72 Å². The zero-order chi connectivity index (χ0) is 15.0. The molecule has 116 valence electrons. The van der Waals surface area contributed by atoms with Crippen LogP contribution in [0.5, 0.6) is 0 Å². The molecule has 3 rings (SSSR count). The quantitative estimate of drug-likeness (QED) is 0.865. The maximum absolute atomic E-state index is 12.1. The summed E-state index contributed by atoms with van der Waals surface area (Å²) in [5, 5.41) is 3.21. The molecule has 2 aliphatic carbocycles. The number of methoxy groups -OCH3 is 1. The van der Waals surface area contributed by atoms with Crippen molar-refractivity contribution in [1.82, 2.24) is 14.9 Å². The summed E-state index contributed by atoms with van der Waals surface area (Å²) < 4.78 is 7.41. The van der Waals surface area contributed by atoms with Crippen molar-refractivity contribution in [1.29, 1.82) is 0 Å². The van der Waals surface area contributed by atoms with E-state index in [2.05, 4.69) is 16.8 Å². The number of imidazole rings is 1. The van der Waals surface area contributed by atoms with E-state index >= 15 is 0 Å². The van der Waals surface area contributed by atoms with Crippen LogP contribution in [0.4, 0.5) is 0 Å². The second-order valence-corrected chi connectivity index (χ2v) is 6.35. The molecular weight excluding hydrogens is 266 g/mol. The summed E-state index contributed by atoms with van der Waals surface area (Å²) in [7, 11) is 3.33. The summed E-state index contributed by atoms with van der Waals surface area (Å²) in [5.41, 5.74) is 2.15. The number of esters is 1. The molecule has 2 unspecified atom stereocenters. The Labute approximate surface area is 126 Å². The van der Waals surface area contributed by atoms with Gasteiger partial charge in [-0.15, -0.1) is 0 Å². The summed E-state index contributed by atoms with van der Waals surface area (Å²) >= 11 is 0. The van der Waals surface area contributed by atoms with Gasteiger partial charge in [0.2, 0.25) is 0 Å². The first-order chi connectivity index (χ1) is 10.1. The number of aromatic nitrogens is 2. The highest BCUT2D eigenvalue weighted by atomic mass is 16.5. The van der Waals surface area contributed by atoms with Crippen LogP contribution in [-0.4, -0.2) is 35.2 Å². The topological polar surface area (TPSA) is 56.1 Å². The second kappa shape index (κ2) is 5.44. The molecule has 21 heavy (non-hydrogen) atoms. The van der Waals surface area contributed by atoms with E-state index in [0.29, 0.717) is 6.04 Å². The third kappa shape index (κ3) is 2.27. The highest BCUT2D eigenvalue weighted by Gasteiger charge is 2.46. The van der Waals surface area contributed by atoms with Gasteiger partial charge >= 0.3 is 5.97 Å². The molecule has 0 radical (unpaired) electrons. The summed E-state index contributed by atoms with van der Waals surface area (Å²) in [6, 6.07) is 0.353. The number of rotatable bonds is 3. The van der Waals surface area contributed by atoms with Crippen LogP contribution < -0.4 is 5.32 Å². The van der Waals surface area contributed by atoms with Gasteiger partial charge < -0.3 is 14.6 Å². The second-order valence-electron chi connectivity index (χ2n) is 6.35.